The van der Waals surface area contributed by atoms with Gasteiger partial charge in [0, 0.05) is 0 Å². The molecule has 2 atom stereocenters. The number of aliphatic hydroxyl groups is 1. The molecule has 0 heterocycles. The second-order valence-corrected chi connectivity index (χ2v) is 5.19. The Morgan fingerprint density at radius 2 is 2.06 bits per heavy atom. The molecule has 0 radical (unpaired) electrons. The lowest BCUT2D eigenvalue weighted by Gasteiger charge is -2.19. The zero-order valence-corrected chi connectivity index (χ0v) is 12.3. The fourth-order valence-electron chi connectivity index (χ4n) is 1.92. The van der Waals surface area contributed by atoms with E-state index in [1.54, 1.807) is 0 Å². The van der Waals surface area contributed by atoms with Gasteiger partial charge in [-0.25, -0.2) is 0 Å². The molecule has 0 aliphatic carbocycles. The predicted octanol–water partition coefficient (Wildman–Crippen LogP) is 4.32. The van der Waals surface area contributed by atoms with Crippen LogP contribution in [0.25, 0.3) is 0 Å². The van der Waals surface area contributed by atoms with Crippen molar-refractivity contribution in [3.05, 3.63) is 28.2 Å². The van der Waals surface area contributed by atoms with Gasteiger partial charge in [0.25, 0.3) is 0 Å². The first-order chi connectivity index (χ1) is 8.10. The normalized spacial score (nSPS) is 14.4. The van der Waals surface area contributed by atoms with Crippen LogP contribution in [0.4, 0.5) is 0 Å². The maximum atomic E-state index is 10.2. The summed E-state index contributed by atoms with van der Waals surface area (Å²) in [5.41, 5.74) is 0.946. The molecule has 0 saturated carbocycles. The molecule has 0 aliphatic rings. The van der Waals surface area contributed by atoms with E-state index < -0.39 is 6.10 Å². The third kappa shape index (κ3) is 4.00. The predicted molar refractivity (Wildman–Crippen MR) is 74.3 cm³/mol. The van der Waals surface area contributed by atoms with Crippen LogP contribution in [0.15, 0.2) is 22.7 Å². The van der Waals surface area contributed by atoms with E-state index in [0.717, 1.165) is 28.6 Å². The van der Waals surface area contributed by atoms with Crippen molar-refractivity contribution in [3.63, 3.8) is 0 Å². The topological polar surface area (TPSA) is 29.5 Å². The Bertz CT molecular complexity index is 352. The molecule has 0 bridgehead atoms. The summed E-state index contributed by atoms with van der Waals surface area (Å²) in [6, 6.07) is 5.79. The Labute approximate surface area is 112 Å². The zero-order valence-electron chi connectivity index (χ0n) is 10.7. The lowest BCUT2D eigenvalue weighted by molar-refractivity contribution is 0.112. The van der Waals surface area contributed by atoms with Crippen LogP contribution in [0.2, 0.25) is 0 Å². The molecule has 0 amide bonds. The second kappa shape index (κ2) is 7.02. The van der Waals surface area contributed by atoms with Crippen molar-refractivity contribution in [2.75, 3.05) is 6.61 Å². The van der Waals surface area contributed by atoms with Crippen molar-refractivity contribution in [2.45, 2.75) is 39.7 Å². The summed E-state index contributed by atoms with van der Waals surface area (Å²) < 4.78 is 6.35. The van der Waals surface area contributed by atoms with E-state index in [2.05, 4.69) is 29.8 Å². The van der Waals surface area contributed by atoms with Crippen molar-refractivity contribution in [1.82, 2.24) is 0 Å². The van der Waals surface area contributed by atoms with Gasteiger partial charge in [-0.1, -0.05) is 26.3 Å². The summed E-state index contributed by atoms with van der Waals surface area (Å²) in [4.78, 5) is 0. The summed E-state index contributed by atoms with van der Waals surface area (Å²) in [5.74, 6) is 1.11. The molecule has 96 valence electrons. The van der Waals surface area contributed by atoms with Gasteiger partial charge in [-0.2, -0.15) is 0 Å². The van der Waals surface area contributed by atoms with Crippen molar-refractivity contribution in [1.29, 1.82) is 0 Å². The van der Waals surface area contributed by atoms with Crippen LogP contribution < -0.4 is 4.74 Å². The Hall–Kier alpha value is -0.540. The van der Waals surface area contributed by atoms with Crippen molar-refractivity contribution in [3.8, 4) is 5.75 Å². The highest BCUT2D eigenvalue weighted by Gasteiger charge is 2.16. The van der Waals surface area contributed by atoms with Crippen LogP contribution in [0.1, 0.15) is 45.3 Å². The molecular formula is C14H21BrO2. The van der Waals surface area contributed by atoms with E-state index in [4.69, 9.17) is 4.74 Å². The molecule has 0 fully saturated rings. The van der Waals surface area contributed by atoms with Crippen molar-refractivity contribution in [2.24, 2.45) is 5.92 Å². The van der Waals surface area contributed by atoms with Crippen LogP contribution in [0.5, 0.6) is 5.75 Å². The summed E-state index contributed by atoms with van der Waals surface area (Å²) in [7, 11) is 0. The number of rotatable bonds is 6. The lowest BCUT2D eigenvalue weighted by Crippen LogP contribution is -2.09. The molecular weight excluding hydrogens is 280 g/mol. The third-order valence-corrected chi connectivity index (χ3v) is 3.50. The van der Waals surface area contributed by atoms with Crippen LogP contribution in [-0.2, 0) is 0 Å². The first kappa shape index (κ1) is 14.5. The van der Waals surface area contributed by atoms with Gasteiger partial charge in [0.05, 0.1) is 17.2 Å². The fraction of sp³-hybridized carbons (Fsp3) is 0.571. The summed E-state index contributed by atoms with van der Waals surface area (Å²) in [5, 5.41) is 10.2. The molecule has 2 unspecified atom stereocenters. The lowest BCUT2D eigenvalue weighted by atomic mass is 9.94. The number of hydrogen-bond acceptors (Lipinski definition) is 2. The molecule has 0 aromatic heterocycles. The quantitative estimate of drug-likeness (QED) is 0.848. The Morgan fingerprint density at radius 1 is 1.35 bits per heavy atom. The number of ether oxygens (including phenoxy) is 1. The van der Waals surface area contributed by atoms with Crippen LogP contribution >= 0.6 is 15.9 Å². The summed E-state index contributed by atoms with van der Waals surface area (Å²) in [6.07, 6.45) is 1.73. The summed E-state index contributed by atoms with van der Waals surface area (Å²) in [6.45, 7) is 6.82. The van der Waals surface area contributed by atoms with E-state index in [-0.39, 0.29) is 5.92 Å². The molecule has 1 N–H and O–H groups in total. The van der Waals surface area contributed by atoms with Gasteiger partial charge in [-0.05, 0) is 52.9 Å². The number of hydrogen-bond donors (Lipinski definition) is 1. The van der Waals surface area contributed by atoms with Crippen molar-refractivity contribution >= 4 is 15.9 Å². The average Bonchev–Trinajstić information content (AvgIpc) is 2.31. The fourth-order valence-corrected chi connectivity index (χ4v) is 2.43. The highest BCUT2D eigenvalue weighted by Crippen LogP contribution is 2.32. The monoisotopic (exact) mass is 300 g/mol. The van der Waals surface area contributed by atoms with Gasteiger partial charge in [0.2, 0.25) is 0 Å². The van der Waals surface area contributed by atoms with Gasteiger partial charge in [0.15, 0.2) is 0 Å². The van der Waals surface area contributed by atoms with Gasteiger partial charge < -0.3 is 9.84 Å². The highest BCUT2D eigenvalue weighted by atomic mass is 79.9. The van der Waals surface area contributed by atoms with E-state index in [9.17, 15) is 5.11 Å². The molecule has 2 nitrogen and oxygen atoms in total. The van der Waals surface area contributed by atoms with Crippen LogP contribution in [0, 0.1) is 5.92 Å². The van der Waals surface area contributed by atoms with E-state index in [0.29, 0.717) is 6.61 Å². The minimum Gasteiger partial charge on any atom is -0.493 e. The molecule has 1 aromatic rings. The molecule has 1 rings (SSSR count). The van der Waals surface area contributed by atoms with Crippen LogP contribution in [-0.4, -0.2) is 11.7 Å². The maximum Gasteiger partial charge on any atom is 0.133 e. The van der Waals surface area contributed by atoms with E-state index in [1.165, 1.54) is 0 Å². The Balaban J connectivity index is 2.81. The minimum absolute atomic E-state index is 0.282. The largest absolute Gasteiger partial charge is 0.493 e. The second-order valence-electron chi connectivity index (χ2n) is 4.33. The standard InChI is InChI=1S/C14H21BrO2/c1-4-6-10(3)14(16)11-7-8-13(17-5-2)12(15)9-11/h7-10,14,16H,4-6H2,1-3H3. The van der Waals surface area contributed by atoms with Gasteiger partial charge >= 0.3 is 0 Å². The van der Waals surface area contributed by atoms with E-state index in [1.807, 2.05) is 25.1 Å². The maximum absolute atomic E-state index is 10.2. The third-order valence-electron chi connectivity index (χ3n) is 2.88. The zero-order chi connectivity index (χ0) is 12.8. The number of halogens is 1. The minimum atomic E-state index is -0.401. The summed E-state index contributed by atoms with van der Waals surface area (Å²) >= 11 is 3.47. The number of benzene rings is 1. The molecule has 3 heteroatoms. The molecule has 1 aromatic carbocycles. The first-order valence-corrected chi connectivity index (χ1v) is 6.99. The molecule has 0 saturated heterocycles. The van der Waals surface area contributed by atoms with Crippen molar-refractivity contribution < 1.29 is 9.84 Å². The molecule has 17 heavy (non-hydrogen) atoms. The van der Waals surface area contributed by atoms with Crippen LogP contribution in [0.3, 0.4) is 0 Å². The van der Waals surface area contributed by atoms with Gasteiger partial charge in [-0.3, -0.25) is 0 Å². The van der Waals surface area contributed by atoms with Gasteiger partial charge in [-0.15, -0.1) is 0 Å². The van der Waals surface area contributed by atoms with E-state index >= 15 is 0 Å². The highest BCUT2D eigenvalue weighted by molar-refractivity contribution is 9.10. The van der Waals surface area contributed by atoms with Gasteiger partial charge in [0.1, 0.15) is 5.75 Å². The smallest absolute Gasteiger partial charge is 0.133 e. The Morgan fingerprint density at radius 3 is 2.59 bits per heavy atom. The SMILES string of the molecule is CCCC(C)C(O)c1ccc(OCC)c(Br)c1. The first-order valence-electron chi connectivity index (χ1n) is 6.20. The Kier molecular flexibility index (Phi) is 6.00. The molecule has 0 spiro atoms. The average molecular weight is 301 g/mol. The molecule has 0 aliphatic heterocycles. The number of aliphatic hydroxyl groups excluding tert-OH is 1.